The van der Waals surface area contributed by atoms with Crippen LogP contribution in [0.1, 0.15) is 15.9 Å². The van der Waals surface area contributed by atoms with Crippen LogP contribution in [-0.2, 0) is 6.18 Å². The van der Waals surface area contributed by atoms with Crippen molar-refractivity contribution in [3.8, 4) is 0 Å². The van der Waals surface area contributed by atoms with Gasteiger partial charge in [0.05, 0.1) is 15.6 Å². The van der Waals surface area contributed by atoms with E-state index in [0.29, 0.717) is 6.20 Å². The number of halogens is 4. The van der Waals surface area contributed by atoms with E-state index < -0.39 is 23.3 Å². The van der Waals surface area contributed by atoms with Crippen LogP contribution < -0.4 is 0 Å². The van der Waals surface area contributed by atoms with E-state index in [4.69, 9.17) is 5.11 Å². The van der Waals surface area contributed by atoms with E-state index in [0.717, 1.165) is 6.20 Å². The Hall–Kier alpha value is -1.11. The summed E-state index contributed by atoms with van der Waals surface area (Å²) in [6.45, 7) is 0. The maximum absolute atomic E-state index is 12.3. The van der Waals surface area contributed by atoms with Gasteiger partial charge in [0.1, 0.15) is 0 Å². The molecule has 76 valence electrons. The predicted octanol–water partition coefficient (Wildman–Crippen LogP) is 2.56. The highest BCUT2D eigenvalue weighted by Crippen LogP contribution is 2.34. The summed E-state index contributed by atoms with van der Waals surface area (Å²) in [5.74, 6) is -1.65. The summed E-state index contributed by atoms with van der Waals surface area (Å²) >= 11 is 2.70. The molecule has 3 nitrogen and oxygen atoms in total. The van der Waals surface area contributed by atoms with Crippen LogP contribution in [-0.4, -0.2) is 16.1 Å². The molecule has 7 heteroatoms. The zero-order valence-corrected chi connectivity index (χ0v) is 8.06. The summed E-state index contributed by atoms with van der Waals surface area (Å²) in [4.78, 5) is 13.8. The summed E-state index contributed by atoms with van der Waals surface area (Å²) in [5.41, 5.74) is -2.09. The van der Waals surface area contributed by atoms with Crippen LogP contribution in [0.4, 0.5) is 13.2 Å². The molecule has 0 atom stereocenters. The van der Waals surface area contributed by atoms with Gasteiger partial charge in [0.2, 0.25) is 0 Å². The smallest absolute Gasteiger partial charge is 0.418 e. The van der Waals surface area contributed by atoms with Crippen LogP contribution in [0.25, 0.3) is 0 Å². The molecule has 0 unspecified atom stereocenters. The Morgan fingerprint density at radius 3 is 2.36 bits per heavy atom. The summed E-state index contributed by atoms with van der Waals surface area (Å²) in [6, 6.07) is 0. The number of carbonyl (C=O) groups is 1. The van der Waals surface area contributed by atoms with Gasteiger partial charge in [-0.1, -0.05) is 0 Å². The van der Waals surface area contributed by atoms with Crippen molar-refractivity contribution in [3.05, 3.63) is 28.0 Å². The highest BCUT2D eigenvalue weighted by Gasteiger charge is 2.36. The molecule has 0 saturated heterocycles. The van der Waals surface area contributed by atoms with Gasteiger partial charge in [-0.25, -0.2) is 4.79 Å². The molecule has 1 aromatic heterocycles. The normalized spacial score (nSPS) is 11.4. The Kier molecular flexibility index (Phi) is 2.79. The van der Waals surface area contributed by atoms with E-state index in [1.54, 1.807) is 0 Å². The second-order valence-corrected chi connectivity index (χ2v) is 3.20. The molecule has 0 amide bonds. The van der Waals surface area contributed by atoms with E-state index >= 15 is 0 Å². The molecule has 0 radical (unpaired) electrons. The first-order valence-electron chi connectivity index (χ1n) is 3.28. The Balaban J connectivity index is 3.44. The van der Waals surface area contributed by atoms with Crippen LogP contribution in [0, 0.1) is 0 Å². The number of nitrogens with zero attached hydrogens (tertiary/aromatic N) is 1. The molecular formula is C7H3BrF3NO2. The molecule has 0 aliphatic rings. The van der Waals surface area contributed by atoms with Crippen LogP contribution in [0.5, 0.6) is 0 Å². The number of alkyl halides is 3. The molecule has 0 bridgehead atoms. The minimum absolute atomic E-state index is 0.195. The number of rotatable bonds is 1. The Labute approximate surface area is 84.7 Å². The van der Waals surface area contributed by atoms with Gasteiger partial charge in [0.25, 0.3) is 0 Å². The Morgan fingerprint density at radius 2 is 2.00 bits per heavy atom. The van der Waals surface area contributed by atoms with Crippen molar-refractivity contribution < 1.29 is 23.1 Å². The highest BCUT2D eigenvalue weighted by atomic mass is 79.9. The molecule has 0 saturated carbocycles. The maximum atomic E-state index is 12.3. The minimum Gasteiger partial charge on any atom is -0.478 e. The minimum atomic E-state index is -4.72. The first kappa shape index (κ1) is 11.0. The van der Waals surface area contributed by atoms with Crippen LogP contribution in [0.2, 0.25) is 0 Å². The van der Waals surface area contributed by atoms with Crippen LogP contribution >= 0.6 is 15.9 Å². The Bertz CT molecular complexity index is 378. The number of aromatic nitrogens is 1. The van der Waals surface area contributed by atoms with Gasteiger partial charge in [-0.3, -0.25) is 4.98 Å². The monoisotopic (exact) mass is 269 g/mol. The highest BCUT2D eigenvalue weighted by molar-refractivity contribution is 9.10. The molecule has 1 rings (SSSR count). The molecule has 14 heavy (non-hydrogen) atoms. The van der Waals surface area contributed by atoms with Crippen molar-refractivity contribution in [2.45, 2.75) is 6.18 Å². The number of carboxylic acids is 1. The average molecular weight is 270 g/mol. The van der Waals surface area contributed by atoms with E-state index in [-0.39, 0.29) is 4.47 Å². The fourth-order valence-corrected chi connectivity index (χ4v) is 1.37. The maximum Gasteiger partial charge on any atom is 0.418 e. The van der Waals surface area contributed by atoms with Crippen molar-refractivity contribution in [2.24, 2.45) is 0 Å². The predicted molar refractivity (Wildman–Crippen MR) is 43.9 cm³/mol. The third kappa shape index (κ3) is 2.03. The molecular weight excluding hydrogens is 267 g/mol. The standard InChI is InChI=1S/C7H3BrF3NO2/c8-4-2-12-1-3(7(9,10)11)5(4)6(13)14/h1-2H,(H,13,14). The van der Waals surface area contributed by atoms with E-state index in [9.17, 15) is 18.0 Å². The number of aromatic carboxylic acids is 1. The number of pyridine rings is 1. The molecule has 1 N–H and O–H groups in total. The lowest BCUT2D eigenvalue weighted by Gasteiger charge is -2.09. The summed E-state index contributed by atoms with van der Waals surface area (Å²) in [5, 5.41) is 8.55. The van der Waals surface area contributed by atoms with Gasteiger partial charge in [-0.15, -0.1) is 0 Å². The lowest BCUT2D eigenvalue weighted by molar-refractivity contribution is -0.138. The number of hydrogen-bond acceptors (Lipinski definition) is 2. The third-order valence-corrected chi connectivity index (χ3v) is 2.02. The molecule has 0 spiro atoms. The molecule has 1 aromatic rings. The fourth-order valence-electron chi connectivity index (χ4n) is 0.867. The SMILES string of the molecule is O=C(O)c1c(Br)cncc1C(F)(F)F. The molecule has 0 aliphatic carbocycles. The molecule has 0 aliphatic heterocycles. The number of carboxylic acid groups (broad SMARTS) is 1. The first-order valence-corrected chi connectivity index (χ1v) is 4.07. The largest absolute Gasteiger partial charge is 0.478 e. The van der Waals surface area contributed by atoms with Crippen molar-refractivity contribution in [1.82, 2.24) is 4.98 Å². The number of hydrogen-bond donors (Lipinski definition) is 1. The lowest BCUT2D eigenvalue weighted by Crippen LogP contribution is -2.14. The topological polar surface area (TPSA) is 50.2 Å². The second kappa shape index (κ2) is 3.56. The fraction of sp³-hybridized carbons (Fsp3) is 0.143. The first-order chi connectivity index (χ1) is 6.34. The van der Waals surface area contributed by atoms with Crippen LogP contribution in [0.15, 0.2) is 16.9 Å². The molecule has 1 heterocycles. The quantitative estimate of drug-likeness (QED) is 0.853. The zero-order valence-electron chi connectivity index (χ0n) is 6.47. The van der Waals surface area contributed by atoms with Crippen molar-refractivity contribution in [2.75, 3.05) is 0 Å². The molecule has 0 fully saturated rings. The second-order valence-electron chi connectivity index (χ2n) is 2.35. The van der Waals surface area contributed by atoms with Crippen molar-refractivity contribution in [3.63, 3.8) is 0 Å². The van der Waals surface area contributed by atoms with Gasteiger partial charge >= 0.3 is 12.1 Å². The van der Waals surface area contributed by atoms with Gasteiger partial charge in [-0.05, 0) is 15.9 Å². The summed E-state index contributed by atoms with van der Waals surface area (Å²) in [7, 11) is 0. The van der Waals surface area contributed by atoms with E-state index in [1.165, 1.54) is 0 Å². The van der Waals surface area contributed by atoms with Crippen molar-refractivity contribution in [1.29, 1.82) is 0 Å². The van der Waals surface area contributed by atoms with Gasteiger partial charge in [-0.2, -0.15) is 13.2 Å². The van der Waals surface area contributed by atoms with Crippen LogP contribution in [0.3, 0.4) is 0 Å². The van der Waals surface area contributed by atoms with E-state index in [2.05, 4.69) is 20.9 Å². The van der Waals surface area contributed by atoms with Gasteiger partial charge in [0, 0.05) is 12.4 Å². The van der Waals surface area contributed by atoms with Crippen molar-refractivity contribution >= 4 is 21.9 Å². The van der Waals surface area contributed by atoms with E-state index in [1.807, 2.05) is 0 Å². The average Bonchev–Trinajstić information content (AvgIpc) is 2.01. The zero-order chi connectivity index (χ0) is 10.9. The molecule has 0 aromatic carbocycles. The summed E-state index contributed by atoms with van der Waals surface area (Å²) in [6.07, 6.45) is -3.24. The summed E-state index contributed by atoms with van der Waals surface area (Å²) < 4.78 is 36.6. The van der Waals surface area contributed by atoms with Gasteiger partial charge in [0.15, 0.2) is 0 Å². The third-order valence-electron chi connectivity index (χ3n) is 1.42. The van der Waals surface area contributed by atoms with Gasteiger partial charge < -0.3 is 5.11 Å². The lowest BCUT2D eigenvalue weighted by atomic mass is 10.1. The Morgan fingerprint density at radius 1 is 1.43 bits per heavy atom.